The maximum absolute atomic E-state index is 12.2. The maximum atomic E-state index is 12.2. The van der Waals surface area contributed by atoms with Gasteiger partial charge in [-0.3, -0.25) is 4.79 Å². The van der Waals surface area contributed by atoms with E-state index in [1.165, 1.54) is 18.2 Å². The van der Waals surface area contributed by atoms with Gasteiger partial charge in [0.15, 0.2) is 0 Å². The molecule has 2 rings (SSSR count). The van der Waals surface area contributed by atoms with E-state index in [-0.39, 0.29) is 24.1 Å². The topological polar surface area (TPSA) is 58.6 Å². The largest absolute Gasteiger partial charge is 0.435 e. The molecule has 4 nitrogen and oxygen atoms in total. The zero-order valence-electron chi connectivity index (χ0n) is 13.2. The van der Waals surface area contributed by atoms with Gasteiger partial charge in [0.2, 0.25) is 5.91 Å². The SMILES string of the molecule is CC1CCCC(C(=O)NCC(O)c2cccc(OC(F)F)c2)C1. The van der Waals surface area contributed by atoms with Crippen molar-refractivity contribution in [3.8, 4) is 5.75 Å². The van der Waals surface area contributed by atoms with Gasteiger partial charge in [0.25, 0.3) is 0 Å². The van der Waals surface area contributed by atoms with Gasteiger partial charge >= 0.3 is 6.61 Å². The third-order valence-corrected chi connectivity index (χ3v) is 4.24. The molecule has 3 atom stereocenters. The zero-order valence-corrected chi connectivity index (χ0v) is 13.2. The molecule has 3 unspecified atom stereocenters. The smallest absolute Gasteiger partial charge is 0.387 e. The zero-order chi connectivity index (χ0) is 16.8. The Hall–Kier alpha value is -1.69. The number of halogens is 2. The van der Waals surface area contributed by atoms with Crippen LogP contribution in [0.25, 0.3) is 0 Å². The van der Waals surface area contributed by atoms with Crippen molar-refractivity contribution in [3.05, 3.63) is 29.8 Å². The normalized spacial score (nSPS) is 22.7. The van der Waals surface area contributed by atoms with Gasteiger partial charge < -0.3 is 15.2 Å². The van der Waals surface area contributed by atoms with Crippen LogP contribution in [0.5, 0.6) is 5.75 Å². The van der Waals surface area contributed by atoms with Crippen LogP contribution in [0.3, 0.4) is 0 Å². The molecule has 0 saturated heterocycles. The Bertz CT molecular complexity index is 524. The van der Waals surface area contributed by atoms with Crippen LogP contribution in [-0.2, 0) is 4.79 Å². The predicted molar refractivity (Wildman–Crippen MR) is 82.2 cm³/mol. The van der Waals surface area contributed by atoms with Crippen LogP contribution in [0.2, 0.25) is 0 Å². The number of hydrogen-bond donors (Lipinski definition) is 2. The summed E-state index contributed by atoms with van der Waals surface area (Å²) in [5.74, 6) is 0.492. The number of amides is 1. The van der Waals surface area contributed by atoms with Gasteiger partial charge in [0.1, 0.15) is 5.75 Å². The Kier molecular flexibility index (Phi) is 6.33. The lowest BCUT2D eigenvalue weighted by Crippen LogP contribution is -2.35. The van der Waals surface area contributed by atoms with Crippen molar-refractivity contribution in [1.29, 1.82) is 0 Å². The highest BCUT2D eigenvalue weighted by molar-refractivity contribution is 5.78. The number of hydrogen-bond acceptors (Lipinski definition) is 3. The first-order valence-corrected chi connectivity index (χ1v) is 7.96. The van der Waals surface area contributed by atoms with Crippen LogP contribution in [0.4, 0.5) is 8.78 Å². The standard InChI is InChI=1S/C17H23F2NO3/c1-11-4-2-6-13(8-11)16(22)20-10-15(21)12-5-3-7-14(9-12)23-17(18)19/h3,5,7,9,11,13,15,17,21H,2,4,6,8,10H2,1H3,(H,20,22). The van der Waals surface area contributed by atoms with Crippen molar-refractivity contribution < 1.29 is 23.4 Å². The highest BCUT2D eigenvalue weighted by Crippen LogP contribution is 2.28. The van der Waals surface area contributed by atoms with Gasteiger partial charge in [0, 0.05) is 12.5 Å². The third kappa shape index (κ3) is 5.46. The molecule has 1 amide bonds. The third-order valence-electron chi connectivity index (χ3n) is 4.24. The number of benzene rings is 1. The highest BCUT2D eigenvalue weighted by atomic mass is 19.3. The summed E-state index contributed by atoms with van der Waals surface area (Å²) in [6.45, 7) is -0.708. The minimum absolute atomic E-state index is 0.000508. The number of rotatable bonds is 6. The summed E-state index contributed by atoms with van der Waals surface area (Å²) in [6, 6.07) is 5.88. The van der Waals surface area contributed by atoms with Crippen LogP contribution >= 0.6 is 0 Å². The molecule has 6 heteroatoms. The molecule has 0 bridgehead atoms. The van der Waals surface area contributed by atoms with E-state index in [4.69, 9.17) is 0 Å². The minimum atomic E-state index is -2.91. The fourth-order valence-electron chi connectivity index (χ4n) is 3.03. The van der Waals surface area contributed by atoms with Gasteiger partial charge in [-0.05, 0) is 36.5 Å². The number of carbonyl (C=O) groups excluding carboxylic acids is 1. The van der Waals surface area contributed by atoms with E-state index >= 15 is 0 Å². The number of aliphatic hydroxyl groups excluding tert-OH is 1. The quantitative estimate of drug-likeness (QED) is 0.843. The Labute approximate surface area is 134 Å². The van der Waals surface area contributed by atoms with Gasteiger partial charge in [-0.25, -0.2) is 0 Å². The molecular weight excluding hydrogens is 304 g/mol. The second-order valence-electron chi connectivity index (χ2n) is 6.18. The summed E-state index contributed by atoms with van der Waals surface area (Å²) in [6.07, 6.45) is 3.00. The lowest BCUT2D eigenvalue weighted by atomic mass is 9.82. The van der Waals surface area contributed by atoms with Gasteiger partial charge in [-0.2, -0.15) is 8.78 Å². The van der Waals surface area contributed by atoms with E-state index in [1.807, 2.05) is 0 Å². The van der Waals surface area contributed by atoms with Gasteiger partial charge in [0.05, 0.1) is 6.10 Å². The molecule has 23 heavy (non-hydrogen) atoms. The number of ether oxygens (including phenoxy) is 1. The van der Waals surface area contributed by atoms with E-state index in [2.05, 4.69) is 17.0 Å². The van der Waals surface area contributed by atoms with E-state index in [1.54, 1.807) is 6.07 Å². The fraction of sp³-hybridized carbons (Fsp3) is 0.588. The average Bonchev–Trinajstić information content (AvgIpc) is 2.52. The lowest BCUT2D eigenvalue weighted by molar-refractivity contribution is -0.126. The Morgan fingerprint density at radius 3 is 2.91 bits per heavy atom. The molecule has 1 aliphatic rings. The number of alkyl halides is 2. The van der Waals surface area contributed by atoms with Crippen LogP contribution in [-0.4, -0.2) is 24.2 Å². The van der Waals surface area contributed by atoms with E-state index < -0.39 is 12.7 Å². The van der Waals surface area contributed by atoms with Gasteiger partial charge in [-0.15, -0.1) is 0 Å². The highest BCUT2D eigenvalue weighted by Gasteiger charge is 2.25. The first kappa shape index (κ1) is 17.7. The molecule has 128 valence electrons. The van der Waals surface area contributed by atoms with Crippen molar-refractivity contribution in [2.45, 2.75) is 45.3 Å². The summed E-state index contributed by atoms with van der Waals surface area (Å²) >= 11 is 0. The Morgan fingerprint density at radius 1 is 1.43 bits per heavy atom. The van der Waals surface area contributed by atoms with Crippen LogP contribution in [0.1, 0.15) is 44.3 Å². The molecule has 0 aromatic heterocycles. The molecular formula is C17H23F2NO3. The number of carbonyl (C=O) groups is 1. The van der Waals surface area contributed by atoms with Crippen LogP contribution in [0, 0.1) is 11.8 Å². The summed E-state index contributed by atoms with van der Waals surface area (Å²) in [5.41, 5.74) is 0.431. The number of nitrogens with one attached hydrogen (secondary N) is 1. The fourth-order valence-corrected chi connectivity index (χ4v) is 3.03. The van der Waals surface area contributed by atoms with Crippen molar-refractivity contribution in [1.82, 2.24) is 5.32 Å². The molecule has 1 saturated carbocycles. The molecule has 1 fully saturated rings. The Balaban J connectivity index is 1.86. The summed E-state index contributed by atoms with van der Waals surface area (Å²) in [7, 11) is 0. The van der Waals surface area contributed by atoms with Crippen molar-refractivity contribution >= 4 is 5.91 Å². The number of aliphatic hydroxyl groups is 1. The van der Waals surface area contributed by atoms with Gasteiger partial charge in [-0.1, -0.05) is 31.9 Å². The average molecular weight is 327 g/mol. The van der Waals surface area contributed by atoms with Crippen molar-refractivity contribution in [2.75, 3.05) is 6.54 Å². The minimum Gasteiger partial charge on any atom is -0.435 e. The predicted octanol–water partition coefficient (Wildman–Crippen LogP) is 3.26. The molecule has 1 aliphatic carbocycles. The van der Waals surface area contributed by atoms with E-state index in [0.29, 0.717) is 11.5 Å². The van der Waals surface area contributed by atoms with Crippen LogP contribution in [0.15, 0.2) is 24.3 Å². The first-order chi connectivity index (χ1) is 11.0. The van der Waals surface area contributed by atoms with Crippen LogP contribution < -0.4 is 10.1 Å². The molecule has 1 aromatic rings. The molecule has 0 heterocycles. The Morgan fingerprint density at radius 2 is 2.22 bits per heavy atom. The lowest BCUT2D eigenvalue weighted by Gasteiger charge is -2.26. The van der Waals surface area contributed by atoms with Crippen molar-refractivity contribution in [2.24, 2.45) is 11.8 Å². The molecule has 2 N–H and O–H groups in total. The molecule has 1 aromatic carbocycles. The maximum Gasteiger partial charge on any atom is 0.387 e. The summed E-state index contributed by atoms with van der Waals surface area (Å²) in [5, 5.41) is 12.9. The van der Waals surface area contributed by atoms with E-state index in [9.17, 15) is 18.7 Å². The van der Waals surface area contributed by atoms with Crippen molar-refractivity contribution in [3.63, 3.8) is 0 Å². The second-order valence-corrected chi connectivity index (χ2v) is 6.18. The summed E-state index contributed by atoms with van der Waals surface area (Å²) < 4.78 is 28.7. The first-order valence-electron chi connectivity index (χ1n) is 7.96. The molecule has 0 radical (unpaired) electrons. The second kappa shape index (κ2) is 8.24. The van der Waals surface area contributed by atoms with E-state index in [0.717, 1.165) is 25.7 Å². The molecule has 0 spiro atoms. The monoisotopic (exact) mass is 327 g/mol. The molecule has 0 aliphatic heterocycles. The summed E-state index contributed by atoms with van der Waals surface area (Å²) in [4.78, 5) is 12.1.